The minimum Gasteiger partial charge on any atom is -0.324 e. The predicted octanol–water partition coefficient (Wildman–Crippen LogP) is 2.92. The Labute approximate surface area is 91.0 Å². The molecule has 3 rings (SSSR count). The van der Waals surface area contributed by atoms with E-state index in [-0.39, 0.29) is 10.7 Å². The van der Waals surface area contributed by atoms with Gasteiger partial charge >= 0.3 is 0 Å². The van der Waals surface area contributed by atoms with Crippen LogP contribution < -0.4 is 5.32 Å². The van der Waals surface area contributed by atoms with E-state index in [0.717, 1.165) is 28.4 Å². The number of hydrogen-bond acceptors (Lipinski definition) is 2. The number of halogens is 1. The highest BCUT2D eigenvalue weighted by Crippen LogP contribution is 2.57. The van der Waals surface area contributed by atoms with Gasteiger partial charge in [-0.05, 0) is 25.0 Å². The lowest BCUT2D eigenvalue weighted by Gasteiger charge is -2.24. The normalized spacial score (nSPS) is 21.6. The first-order valence-electron chi connectivity index (χ1n) is 4.50. The van der Waals surface area contributed by atoms with Crippen molar-refractivity contribution in [2.75, 3.05) is 5.32 Å². The molecule has 1 saturated carbocycles. The summed E-state index contributed by atoms with van der Waals surface area (Å²) in [5.41, 5.74) is 0.852. The predicted molar refractivity (Wildman–Crippen MR) is 57.9 cm³/mol. The summed E-state index contributed by atoms with van der Waals surface area (Å²) in [5.74, 6) is 0.136. The quantitative estimate of drug-likeness (QED) is 0.736. The molecule has 1 aliphatic heterocycles. The van der Waals surface area contributed by atoms with Gasteiger partial charge in [-0.15, -0.1) is 11.8 Å². The molecule has 1 aliphatic carbocycles. The second kappa shape index (κ2) is 2.67. The maximum atomic E-state index is 11.7. The van der Waals surface area contributed by atoms with Crippen LogP contribution in [0.15, 0.2) is 23.1 Å². The number of rotatable bonds is 0. The minimum atomic E-state index is -0.196. The largest absolute Gasteiger partial charge is 0.324 e. The van der Waals surface area contributed by atoms with E-state index >= 15 is 0 Å². The van der Waals surface area contributed by atoms with Gasteiger partial charge in [0, 0.05) is 0 Å². The molecule has 2 aliphatic rings. The van der Waals surface area contributed by atoms with Crippen molar-refractivity contribution in [3.05, 3.63) is 23.2 Å². The zero-order chi connectivity index (χ0) is 9.76. The highest BCUT2D eigenvalue weighted by atomic mass is 35.5. The van der Waals surface area contributed by atoms with Crippen LogP contribution in [0.2, 0.25) is 5.02 Å². The van der Waals surface area contributed by atoms with Gasteiger partial charge < -0.3 is 5.32 Å². The van der Waals surface area contributed by atoms with Crippen LogP contribution in [-0.4, -0.2) is 10.7 Å². The molecule has 1 spiro atoms. The zero-order valence-corrected chi connectivity index (χ0v) is 8.91. The molecule has 0 bridgehead atoms. The molecular formula is C10H8ClNOS. The van der Waals surface area contributed by atoms with Crippen molar-refractivity contribution in [2.45, 2.75) is 22.5 Å². The Balaban J connectivity index is 2.11. The molecule has 1 amide bonds. The van der Waals surface area contributed by atoms with E-state index in [1.54, 1.807) is 11.8 Å². The van der Waals surface area contributed by atoms with E-state index in [2.05, 4.69) is 5.32 Å². The van der Waals surface area contributed by atoms with Gasteiger partial charge in [0.15, 0.2) is 0 Å². The highest BCUT2D eigenvalue weighted by molar-refractivity contribution is 8.02. The Hall–Kier alpha value is -0.670. The third-order valence-corrected chi connectivity index (χ3v) is 4.69. The standard InChI is InChI=1S/C10H8ClNOS/c11-6-2-1-3-7-8(6)14-10(4-5-10)9(13)12-7/h1-3H,4-5H2,(H,12,13). The molecule has 1 N–H and O–H groups in total. The van der Waals surface area contributed by atoms with Crippen LogP contribution >= 0.6 is 23.4 Å². The average Bonchev–Trinajstić information content (AvgIpc) is 2.91. The molecular weight excluding hydrogens is 218 g/mol. The molecule has 1 aromatic rings. The summed E-state index contributed by atoms with van der Waals surface area (Å²) in [6.45, 7) is 0. The lowest BCUT2D eigenvalue weighted by Crippen LogP contribution is -2.30. The fourth-order valence-corrected chi connectivity index (χ4v) is 3.16. The number of anilines is 1. The lowest BCUT2D eigenvalue weighted by molar-refractivity contribution is -0.116. The van der Waals surface area contributed by atoms with E-state index in [1.165, 1.54) is 0 Å². The molecule has 0 aromatic heterocycles. The third-order valence-electron chi connectivity index (χ3n) is 2.63. The van der Waals surface area contributed by atoms with Crippen molar-refractivity contribution in [1.82, 2.24) is 0 Å². The number of nitrogens with one attached hydrogen (secondary N) is 1. The molecule has 0 atom stereocenters. The summed E-state index contributed by atoms with van der Waals surface area (Å²) < 4.78 is -0.196. The molecule has 14 heavy (non-hydrogen) atoms. The van der Waals surface area contributed by atoms with Gasteiger partial charge in [-0.25, -0.2) is 0 Å². The molecule has 2 nitrogen and oxygen atoms in total. The van der Waals surface area contributed by atoms with Crippen LogP contribution in [0.3, 0.4) is 0 Å². The Bertz CT molecular complexity index is 428. The topological polar surface area (TPSA) is 29.1 Å². The number of benzene rings is 1. The van der Waals surface area contributed by atoms with Crippen LogP contribution in [0, 0.1) is 0 Å². The van der Waals surface area contributed by atoms with Gasteiger partial charge in [0.1, 0.15) is 0 Å². The van der Waals surface area contributed by atoms with Crippen molar-refractivity contribution >= 4 is 35.0 Å². The first kappa shape index (κ1) is 8.62. The minimum absolute atomic E-state index is 0.136. The van der Waals surface area contributed by atoms with E-state index in [0.29, 0.717) is 0 Å². The van der Waals surface area contributed by atoms with Gasteiger partial charge in [-0.3, -0.25) is 4.79 Å². The summed E-state index contributed by atoms with van der Waals surface area (Å²) in [4.78, 5) is 12.7. The second-order valence-electron chi connectivity index (χ2n) is 3.67. The SMILES string of the molecule is O=C1Nc2cccc(Cl)c2SC12CC2. The van der Waals surface area contributed by atoms with Crippen LogP contribution in [0.5, 0.6) is 0 Å². The van der Waals surface area contributed by atoms with Gasteiger partial charge in [0.05, 0.1) is 20.4 Å². The van der Waals surface area contributed by atoms with Gasteiger partial charge in [0.2, 0.25) is 5.91 Å². The molecule has 0 unspecified atom stereocenters. The summed E-state index contributed by atoms with van der Waals surface area (Å²) in [7, 11) is 0. The Morgan fingerprint density at radius 1 is 1.43 bits per heavy atom. The number of hydrogen-bond donors (Lipinski definition) is 1. The van der Waals surface area contributed by atoms with Crippen molar-refractivity contribution in [3.63, 3.8) is 0 Å². The summed E-state index contributed by atoms with van der Waals surface area (Å²) in [6.07, 6.45) is 1.93. The van der Waals surface area contributed by atoms with Crippen molar-refractivity contribution in [3.8, 4) is 0 Å². The maximum Gasteiger partial charge on any atom is 0.241 e. The molecule has 0 saturated heterocycles. The summed E-state index contributed by atoms with van der Waals surface area (Å²) >= 11 is 7.69. The number of thioether (sulfide) groups is 1. The van der Waals surface area contributed by atoms with Gasteiger partial charge in [-0.2, -0.15) is 0 Å². The number of carbonyl (C=O) groups excluding carboxylic acids is 1. The van der Waals surface area contributed by atoms with Crippen LogP contribution in [0.25, 0.3) is 0 Å². The van der Waals surface area contributed by atoms with E-state index in [9.17, 15) is 4.79 Å². The van der Waals surface area contributed by atoms with Crippen LogP contribution in [0.4, 0.5) is 5.69 Å². The summed E-state index contributed by atoms with van der Waals surface area (Å²) in [5, 5.41) is 3.64. The molecule has 4 heteroatoms. The second-order valence-corrected chi connectivity index (χ2v) is 5.47. The number of amides is 1. The lowest BCUT2D eigenvalue weighted by atomic mass is 10.3. The third kappa shape index (κ3) is 1.09. The molecule has 1 fully saturated rings. The number of carbonyl (C=O) groups is 1. The van der Waals surface area contributed by atoms with Crippen molar-refractivity contribution in [1.29, 1.82) is 0 Å². The van der Waals surface area contributed by atoms with Gasteiger partial charge in [0.25, 0.3) is 0 Å². The average molecular weight is 226 g/mol. The zero-order valence-electron chi connectivity index (χ0n) is 7.34. The fraction of sp³-hybridized carbons (Fsp3) is 0.300. The maximum absolute atomic E-state index is 11.7. The number of fused-ring (bicyclic) bond motifs is 1. The van der Waals surface area contributed by atoms with Crippen molar-refractivity contribution in [2.24, 2.45) is 0 Å². The Morgan fingerprint density at radius 2 is 2.21 bits per heavy atom. The van der Waals surface area contributed by atoms with E-state index < -0.39 is 0 Å². The van der Waals surface area contributed by atoms with E-state index in [1.807, 2.05) is 18.2 Å². The Morgan fingerprint density at radius 3 is 2.93 bits per heavy atom. The van der Waals surface area contributed by atoms with Gasteiger partial charge in [-0.1, -0.05) is 17.7 Å². The monoisotopic (exact) mass is 225 g/mol. The first-order valence-corrected chi connectivity index (χ1v) is 5.70. The molecule has 0 radical (unpaired) electrons. The smallest absolute Gasteiger partial charge is 0.241 e. The van der Waals surface area contributed by atoms with Crippen LogP contribution in [0.1, 0.15) is 12.8 Å². The van der Waals surface area contributed by atoms with Crippen molar-refractivity contribution < 1.29 is 4.79 Å². The molecule has 1 heterocycles. The fourth-order valence-electron chi connectivity index (χ4n) is 1.63. The van der Waals surface area contributed by atoms with Crippen LogP contribution in [-0.2, 0) is 4.79 Å². The first-order chi connectivity index (χ1) is 6.71. The Kier molecular flexibility index (Phi) is 1.65. The highest BCUT2D eigenvalue weighted by Gasteiger charge is 2.53. The summed E-state index contributed by atoms with van der Waals surface area (Å²) in [6, 6.07) is 5.61. The molecule has 1 aromatic carbocycles. The molecule has 72 valence electrons. The van der Waals surface area contributed by atoms with E-state index in [4.69, 9.17) is 11.6 Å².